The Balaban J connectivity index is 2.79. The number of carbonyl (C=O) groups is 4. The van der Waals surface area contributed by atoms with Gasteiger partial charge in [0.1, 0.15) is 17.9 Å². The van der Waals surface area contributed by atoms with Crippen LogP contribution in [0.25, 0.3) is 0 Å². The van der Waals surface area contributed by atoms with Crippen molar-refractivity contribution in [2.24, 2.45) is 11.8 Å². The molecule has 23 heavy (non-hydrogen) atoms. The van der Waals surface area contributed by atoms with Crippen LogP contribution in [0.2, 0.25) is 0 Å². The lowest BCUT2D eigenvalue weighted by Gasteiger charge is -2.29. The molecule has 0 aliphatic heterocycles. The third kappa shape index (κ3) is 6.38. The summed E-state index contributed by atoms with van der Waals surface area (Å²) in [7, 11) is 0. The SMILES string of the molecule is CC(=O)N[C@@H](CC(C)C)C(=O)N[C@@H](C(=O)O)[C@H]1CCCC(=O)C1. The smallest absolute Gasteiger partial charge is 0.326 e. The van der Waals surface area contributed by atoms with E-state index < -0.39 is 29.9 Å². The van der Waals surface area contributed by atoms with Crippen LogP contribution in [0, 0.1) is 11.8 Å². The lowest BCUT2D eigenvalue weighted by molar-refractivity contribution is -0.144. The highest BCUT2D eigenvalue weighted by atomic mass is 16.4. The van der Waals surface area contributed by atoms with Crippen molar-refractivity contribution in [2.75, 3.05) is 0 Å². The lowest BCUT2D eigenvalue weighted by Crippen LogP contribution is -2.54. The van der Waals surface area contributed by atoms with E-state index in [-0.39, 0.29) is 24.0 Å². The molecular weight excluding hydrogens is 300 g/mol. The molecule has 7 nitrogen and oxygen atoms in total. The molecule has 0 aromatic rings. The first-order valence-electron chi connectivity index (χ1n) is 8.02. The molecule has 1 fully saturated rings. The van der Waals surface area contributed by atoms with E-state index in [1.54, 1.807) is 0 Å². The maximum absolute atomic E-state index is 12.4. The number of hydrogen-bond acceptors (Lipinski definition) is 4. The molecule has 1 aliphatic rings. The molecule has 0 radical (unpaired) electrons. The molecule has 0 aromatic carbocycles. The standard InChI is InChI=1S/C16H26N2O5/c1-9(2)7-13(17-10(3)19)15(21)18-14(16(22)23)11-5-4-6-12(20)8-11/h9,11,13-14H,4-8H2,1-3H3,(H,17,19)(H,18,21)(H,22,23)/t11-,13-,14+/m0/s1. The zero-order chi connectivity index (χ0) is 17.6. The average molecular weight is 326 g/mol. The van der Waals surface area contributed by atoms with Gasteiger partial charge < -0.3 is 15.7 Å². The molecule has 1 aliphatic carbocycles. The first kappa shape index (κ1) is 19.1. The fourth-order valence-corrected chi connectivity index (χ4v) is 2.93. The van der Waals surface area contributed by atoms with E-state index >= 15 is 0 Å². The minimum absolute atomic E-state index is 0.0299. The second-order valence-electron chi connectivity index (χ2n) is 6.60. The summed E-state index contributed by atoms with van der Waals surface area (Å²) < 4.78 is 0. The van der Waals surface area contributed by atoms with Crippen LogP contribution in [0.5, 0.6) is 0 Å². The van der Waals surface area contributed by atoms with E-state index in [0.717, 1.165) is 0 Å². The van der Waals surface area contributed by atoms with Gasteiger partial charge in [0, 0.05) is 19.8 Å². The van der Waals surface area contributed by atoms with Crippen molar-refractivity contribution in [3.05, 3.63) is 0 Å². The largest absolute Gasteiger partial charge is 0.480 e. The van der Waals surface area contributed by atoms with Crippen molar-refractivity contribution in [1.82, 2.24) is 10.6 Å². The molecule has 1 saturated carbocycles. The van der Waals surface area contributed by atoms with Gasteiger partial charge in [-0.2, -0.15) is 0 Å². The average Bonchev–Trinajstić information content (AvgIpc) is 2.42. The van der Waals surface area contributed by atoms with Crippen molar-refractivity contribution in [3.63, 3.8) is 0 Å². The zero-order valence-electron chi connectivity index (χ0n) is 13.9. The highest BCUT2D eigenvalue weighted by molar-refractivity contribution is 5.90. The van der Waals surface area contributed by atoms with Crippen LogP contribution in [0.4, 0.5) is 0 Å². The number of nitrogens with one attached hydrogen (secondary N) is 2. The molecule has 0 bridgehead atoms. The van der Waals surface area contributed by atoms with Crippen LogP contribution >= 0.6 is 0 Å². The van der Waals surface area contributed by atoms with Crippen LogP contribution in [-0.2, 0) is 19.2 Å². The first-order valence-corrected chi connectivity index (χ1v) is 8.02. The minimum atomic E-state index is -1.15. The third-order valence-electron chi connectivity index (χ3n) is 3.96. The number of ketones is 1. The quantitative estimate of drug-likeness (QED) is 0.642. The Morgan fingerprint density at radius 3 is 2.39 bits per heavy atom. The summed E-state index contributed by atoms with van der Waals surface area (Å²) in [6, 6.07) is -1.87. The number of carboxylic acids is 1. The molecule has 3 N–H and O–H groups in total. The van der Waals surface area contributed by atoms with Crippen molar-refractivity contribution < 1.29 is 24.3 Å². The summed E-state index contributed by atoms with van der Waals surface area (Å²) in [6.07, 6.45) is 2.30. The van der Waals surface area contributed by atoms with Crippen LogP contribution in [0.15, 0.2) is 0 Å². The van der Waals surface area contributed by atoms with Crippen LogP contribution < -0.4 is 10.6 Å². The van der Waals surface area contributed by atoms with Gasteiger partial charge in [0.05, 0.1) is 0 Å². The summed E-state index contributed by atoms with van der Waals surface area (Å²) in [5.41, 5.74) is 0. The first-order chi connectivity index (χ1) is 10.7. The maximum atomic E-state index is 12.4. The third-order valence-corrected chi connectivity index (χ3v) is 3.96. The van der Waals surface area contributed by atoms with Crippen LogP contribution in [-0.4, -0.2) is 40.8 Å². The van der Waals surface area contributed by atoms with E-state index in [4.69, 9.17) is 0 Å². The normalized spacial score (nSPS) is 20.7. The van der Waals surface area contributed by atoms with Crippen molar-refractivity contribution >= 4 is 23.6 Å². The van der Waals surface area contributed by atoms with Gasteiger partial charge in [-0.05, 0) is 31.1 Å². The molecule has 0 aromatic heterocycles. The molecular formula is C16H26N2O5. The fourth-order valence-electron chi connectivity index (χ4n) is 2.93. The summed E-state index contributed by atoms with van der Waals surface area (Å²) >= 11 is 0. The summed E-state index contributed by atoms with van der Waals surface area (Å²) in [5.74, 6) is -2.21. The summed E-state index contributed by atoms with van der Waals surface area (Å²) in [5, 5.41) is 14.5. The Hall–Kier alpha value is -1.92. The second-order valence-corrected chi connectivity index (χ2v) is 6.60. The van der Waals surface area contributed by atoms with Gasteiger partial charge in [-0.25, -0.2) is 4.79 Å². The fraction of sp³-hybridized carbons (Fsp3) is 0.750. The number of aliphatic carboxylic acids is 1. The van der Waals surface area contributed by atoms with Gasteiger partial charge in [-0.1, -0.05) is 13.8 Å². The molecule has 0 spiro atoms. The van der Waals surface area contributed by atoms with Gasteiger partial charge in [-0.15, -0.1) is 0 Å². The maximum Gasteiger partial charge on any atom is 0.326 e. The highest BCUT2D eigenvalue weighted by Crippen LogP contribution is 2.24. The Bertz CT molecular complexity index is 475. The van der Waals surface area contributed by atoms with Crippen molar-refractivity contribution in [3.8, 4) is 0 Å². The van der Waals surface area contributed by atoms with Gasteiger partial charge >= 0.3 is 5.97 Å². The molecule has 130 valence electrons. The topological polar surface area (TPSA) is 113 Å². The Kier molecular flexibility index (Phi) is 7.19. The predicted octanol–water partition coefficient (Wildman–Crippen LogP) is 0.866. The number of Topliss-reactive ketones (excluding diaryl/α,β-unsaturated/α-hetero) is 1. The lowest BCUT2D eigenvalue weighted by atomic mass is 9.83. The van der Waals surface area contributed by atoms with E-state index in [1.165, 1.54) is 6.92 Å². The monoisotopic (exact) mass is 326 g/mol. The Labute approximate surface area is 136 Å². The van der Waals surface area contributed by atoms with E-state index in [1.807, 2.05) is 13.8 Å². The molecule has 0 saturated heterocycles. The molecule has 3 atom stereocenters. The zero-order valence-corrected chi connectivity index (χ0v) is 13.9. The van der Waals surface area contributed by atoms with Crippen LogP contribution in [0.1, 0.15) is 52.9 Å². The molecule has 7 heteroatoms. The summed E-state index contributed by atoms with van der Waals surface area (Å²) in [4.78, 5) is 46.7. The number of carbonyl (C=O) groups excluding carboxylic acids is 3. The number of hydrogen-bond donors (Lipinski definition) is 3. The van der Waals surface area contributed by atoms with E-state index in [9.17, 15) is 24.3 Å². The molecule has 0 heterocycles. The van der Waals surface area contributed by atoms with E-state index in [2.05, 4.69) is 10.6 Å². The Morgan fingerprint density at radius 2 is 1.91 bits per heavy atom. The van der Waals surface area contributed by atoms with Crippen LogP contribution in [0.3, 0.4) is 0 Å². The molecule has 1 rings (SSSR count). The number of rotatable bonds is 7. The van der Waals surface area contributed by atoms with Gasteiger partial charge in [0.2, 0.25) is 11.8 Å². The highest BCUT2D eigenvalue weighted by Gasteiger charge is 2.35. The van der Waals surface area contributed by atoms with Gasteiger partial charge in [0.15, 0.2) is 0 Å². The second kappa shape index (κ2) is 8.64. The predicted molar refractivity (Wildman–Crippen MR) is 83.6 cm³/mol. The number of carboxylic acid groups (broad SMARTS) is 1. The van der Waals surface area contributed by atoms with Gasteiger partial charge in [0.25, 0.3) is 0 Å². The van der Waals surface area contributed by atoms with Gasteiger partial charge in [-0.3, -0.25) is 14.4 Å². The molecule has 0 unspecified atom stereocenters. The van der Waals surface area contributed by atoms with E-state index in [0.29, 0.717) is 25.7 Å². The summed E-state index contributed by atoms with van der Waals surface area (Å²) in [6.45, 7) is 5.14. The number of amides is 2. The Morgan fingerprint density at radius 1 is 1.26 bits per heavy atom. The molecule has 2 amide bonds. The minimum Gasteiger partial charge on any atom is -0.480 e. The van der Waals surface area contributed by atoms with Crippen molar-refractivity contribution in [2.45, 2.75) is 65.0 Å². The van der Waals surface area contributed by atoms with Crippen molar-refractivity contribution in [1.29, 1.82) is 0 Å².